The molecule has 1 aromatic heterocycles. The third-order valence-electron chi connectivity index (χ3n) is 4.03. The summed E-state index contributed by atoms with van der Waals surface area (Å²) >= 11 is 0. The van der Waals surface area contributed by atoms with Gasteiger partial charge in [0.25, 0.3) is 0 Å². The minimum absolute atomic E-state index is 0.0115. The SMILES string of the molecule is CCn1cnnc1-c1cccc(NS(=O)(=O)C[C@H]2CCCCO2)c1. The van der Waals surface area contributed by atoms with E-state index >= 15 is 0 Å². The minimum atomic E-state index is -3.45. The summed E-state index contributed by atoms with van der Waals surface area (Å²) in [5.74, 6) is 0.705. The smallest absolute Gasteiger partial charge is 0.235 e. The van der Waals surface area contributed by atoms with E-state index in [2.05, 4.69) is 14.9 Å². The molecule has 0 bridgehead atoms. The summed E-state index contributed by atoms with van der Waals surface area (Å²) in [4.78, 5) is 0. The van der Waals surface area contributed by atoms with Crippen LogP contribution in [0.15, 0.2) is 30.6 Å². The van der Waals surface area contributed by atoms with E-state index in [0.29, 0.717) is 18.1 Å². The molecule has 24 heavy (non-hydrogen) atoms. The molecular weight excluding hydrogens is 328 g/mol. The number of anilines is 1. The topological polar surface area (TPSA) is 86.1 Å². The summed E-state index contributed by atoms with van der Waals surface area (Å²) in [5.41, 5.74) is 1.34. The number of nitrogens with one attached hydrogen (secondary N) is 1. The Balaban J connectivity index is 1.74. The predicted molar refractivity (Wildman–Crippen MR) is 92.1 cm³/mol. The first-order valence-electron chi connectivity index (χ1n) is 8.18. The van der Waals surface area contributed by atoms with Crippen molar-refractivity contribution in [1.29, 1.82) is 0 Å². The van der Waals surface area contributed by atoms with Crippen LogP contribution >= 0.6 is 0 Å². The normalized spacial score (nSPS) is 18.5. The van der Waals surface area contributed by atoms with Gasteiger partial charge in [-0.3, -0.25) is 4.72 Å². The second-order valence-corrected chi connectivity index (χ2v) is 7.66. The molecule has 1 fully saturated rings. The van der Waals surface area contributed by atoms with Crippen LogP contribution in [0.4, 0.5) is 5.69 Å². The first kappa shape index (κ1) is 16.9. The molecule has 1 atom stereocenters. The van der Waals surface area contributed by atoms with Gasteiger partial charge < -0.3 is 9.30 Å². The summed E-state index contributed by atoms with van der Waals surface area (Å²) in [6.45, 7) is 3.39. The molecule has 0 amide bonds. The van der Waals surface area contributed by atoms with Crippen LogP contribution in [0.25, 0.3) is 11.4 Å². The van der Waals surface area contributed by atoms with Crippen molar-refractivity contribution in [3.63, 3.8) is 0 Å². The van der Waals surface area contributed by atoms with E-state index in [1.54, 1.807) is 24.5 Å². The minimum Gasteiger partial charge on any atom is -0.377 e. The summed E-state index contributed by atoms with van der Waals surface area (Å²) in [7, 11) is -3.45. The van der Waals surface area contributed by atoms with Crippen LogP contribution < -0.4 is 4.72 Å². The Labute approximate surface area is 142 Å². The lowest BCUT2D eigenvalue weighted by atomic mass is 10.1. The van der Waals surface area contributed by atoms with Gasteiger partial charge in [-0.05, 0) is 38.3 Å². The van der Waals surface area contributed by atoms with Crippen molar-refractivity contribution in [2.45, 2.75) is 38.8 Å². The molecule has 0 spiro atoms. The van der Waals surface area contributed by atoms with E-state index in [1.165, 1.54) is 0 Å². The molecule has 8 heteroatoms. The molecule has 1 aromatic carbocycles. The summed E-state index contributed by atoms with van der Waals surface area (Å²) in [6.07, 6.45) is 4.25. The number of aryl methyl sites for hydroxylation is 1. The summed E-state index contributed by atoms with van der Waals surface area (Å²) in [6, 6.07) is 7.20. The fraction of sp³-hybridized carbons (Fsp3) is 0.500. The lowest BCUT2D eigenvalue weighted by Crippen LogP contribution is -2.30. The number of sulfonamides is 1. The first-order valence-corrected chi connectivity index (χ1v) is 9.83. The number of rotatable bonds is 6. The van der Waals surface area contributed by atoms with Gasteiger partial charge in [0.05, 0.1) is 11.9 Å². The molecule has 3 rings (SSSR count). The van der Waals surface area contributed by atoms with Gasteiger partial charge in [-0.1, -0.05) is 12.1 Å². The third-order valence-corrected chi connectivity index (χ3v) is 5.39. The number of hydrogen-bond donors (Lipinski definition) is 1. The molecule has 7 nitrogen and oxygen atoms in total. The molecule has 0 unspecified atom stereocenters. The highest BCUT2D eigenvalue weighted by Crippen LogP contribution is 2.22. The Morgan fingerprint density at radius 1 is 1.38 bits per heavy atom. The van der Waals surface area contributed by atoms with Crippen molar-refractivity contribution in [1.82, 2.24) is 14.8 Å². The van der Waals surface area contributed by atoms with E-state index in [9.17, 15) is 8.42 Å². The third kappa shape index (κ3) is 4.12. The Kier molecular flexibility index (Phi) is 5.15. The first-order chi connectivity index (χ1) is 11.6. The standard InChI is InChI=1S/C16H22N4O3S/c1-2-20-12-17-18-16(20)13-6-5-7-14(10-13)19-24(21,22)11-15-8-3-4-9-23-15/h5-7,10,12,15,19H,2-4,8-9,11H2,1H3/t15-/m1/s1. The van der Waals surface area contributed by atoms with Gasteiger partial charge in [-0.2, -0.15) is 0 Å². The average molecular weight is 350 g/mol. The molecule has 2 aromatic rings. The predicted octanol–water partition coefficient (Wildman–Crippen LogP) is 2.28. The van der Waals surface area contributed by atoms with Crippen molar-refractivity contribution in [3.8, 4) is 11.4 Å². The fourth-order valence-electron chi connectivity index (χ4n) is 2.84. The number of benzene rings is 1. The van der Waals surface area contributed by atoms with E-state index in [1.807, 2.05) is 17.6 Å². The Bertz CT molecular complexity index is 782. The zero-order valence-electron chi connectivity index (χ0n) is 13.7. The molecule has 2 heterocycles. The maximum atomic E-state index is 12.4. The second-order valence-electron chi connectivity index (χ2n) is 5.89. The number of aromatic nitrogens is 3. The van der Waals surface area contributed by atoms with Crippen LogP contribution in [0.1, 0.15) is 26.2 Å². The molecular formula is C16H22N4O3S. The zero-order chi connectivity index (χ0) is 17.0. The van der Waals surface area contributed by atoms with E-state index in [-0.39, 0.29) is 11.9 Å². The Morgan fingerprint density at radius 2 is 2.25 bits per heavy atom. The Morgan fingerprint density at radius 3 is 3.00 bits per heavy atom. The lowest BCUT2D eigenvalue weighted by Gasteiger charge is -2.22. The van der Waals surface area contributed by atoms with Gasteiger partial charge in [-0.15, -0.1) is 10.2 Å². The molecule has 1 saturated heterocycles. The van der Waals surface area contributed by atoms with Crippen molar-refractivity contribution >= 4 is 15.7 Å². The number of nitrogens with zero attached hydrogens (tertiary/aromatic N) is 3. The quantitative estimate of drug-likeness (QED) is 0.864. The van der Waals surface area contributed by atoms with Crippen LogP contribution in [0.2, 0.25) is 0 Å². The van der Waals surface area contributed by atoms with Crippen molar-refractivity contribution in [2.24, 2.45) is 0 Å². The number of ether oxygens (including phenoxy) is 1. The van der Waals surface area contributed by atoms with Gasteiger partial charge in [0.15, 0.2) is 5.82 Å². The van der Waals surface area contributed by atoms with Crippen LogP contribution in [0.3, 0.4) is 0 Å². The van der Waals surface area contributed by atoms with Crippen LogP contribution in [0, 0.1) is 0 Å². The largest absolute Gasteiger partial charge is 0.377 e. The maximum absolute atomic E-state index is 12.4. The molecule has 1 aliphatic heterocycles. The van der Waals surface area contributed by atoms with E-state index < -0.39 is 10.0 Å². The average Bonchev–Trinajstić information content (AvgIpc) is 3.03. The fourth-order valence-corrected chi connectivity index (χ4v) is 4.16. The molecule has 0 saturated carbocycles. The van der Waals surface area contributed by atoms with Gasteiger partial charge >= 0.3 is 0 Å². The van der Waals surface area contributed by atoms with E-state index in [4.69, 9.17) is 4.74 Å². The number of hydrogen-bond acceptors (Lipinski definition) is 5. The molecule has 1 aliphatic rings. The molecule has 1 N–H and O–H groups in total. The van der Waals surface area contributed by atoms with Crippen LogP contribution in [0.5, 0.6) is 0 Å². The van der Waals surface area contributed by atoms with Gasteiger partial charge in [0.1, 0.15) is 6.33 Å². The molecule has 0 radical (unpaired) electrons. The second kappa shape index (κ2) is 7.31. The summed E-state index contributed by atoms with van der Waals surface area (Å²) < 4.78 is 34.8. The Hall–Kier alpha value is -1.93. The van der Waals surface area contributed by atoms with Crippen LogP contribution in [-0.2, 0) is 21.3 Å². The van der Waals surface area contributed by atoms with Gasteiger partial charge in [0, 0.05) is 24.4 Å². The highest BCUT2D eigenvalue weighted by molar-refractivity contribution is 7.92. The maximum Gasteiger partial charge on any atom is 0.235 e. The van der Waals surface area contributed by atoms with Crippen molar-refractivity contribution in [2.75, 3.05) is 17.1 Å². The highest BCUT2D eigenvalue weighted by atomic mass is 32.2. The molecule has 0 aliphatic carbocycles. The molecule has 130 valence electrons. The van der Waals surface area contributed by atoms with Gasteiger partial charge in [0.2, 0.25) is 10.0 Å². The van der Waals surface area contributed by atoms with Crippen molar-refractivity contribution in [3.05, 3.63) is 30.6 Å². The highest BCUT2D eigenvalue weighted by Gasteiger charge is 2.22. The summed E-state index contributed by atoms with van der Waals surface area (Å²) in [5, 5.41) is 8.01. The monoisotopic (exact) mass is 350 g/mol. The van der Waals surface area contributed by atoms with E-state index in [0.717, 1.165) is 31.4 Å². The van der Waals surface area contributed by atoms with Crippen LogP contribution in [-0.4, -0.2) is 41.6 Å². The zero-order valence-corrected chi connectivity index (χ0v) is 14.5. The van der Waals surface area contributed by atoms with Crippen molar-refractivity contribution < 1.29 is 13.2 Å². The van der Waals surface area contributed by atoms with Gasteiger partial charge in [-0.25, -0.2) is 8.42 Å². The lowest BCUT2D eigenvalue weighted by molar-refractivity contribution is 0.0306.